The third-order valence-electron chi connectivity index (χ3n) is 2.77. The molecule has 0 fully saturated rings. The van der Waals surface area contributed by atoms with Gasteiger partial charge in [-0.1, -0.05) is 24.3 Å². The Labute approximate surface area is 107 Å². The Morgan fingerprint density at radius 3 is 1.22 bits per heavy atom. The number of hydrogen-bond acceptors (Lipinski definition) is 6. The van der Waals surface area contributed by atoms with Gasteiger partial charge in [-0.05, 0) is 0 Å². The summed E-state index contributed by atoms with van der Waals surface area (Å²) in [6.45, 7) is 0. The van der Waals surface area contributed by atoms with Crippen molar-refractivity contribution >= 4 is 20.2 Å². The molecule has 8 heteroatoms. The highest BCUT2D eigenvalue weighted by Crippen LogP contribution is 2.36. The summed E-state index contributed by atoms with van der Waals surface area (Å²) in [6, 6.07) is 0. The Morgan fingerprint density at radius 2 is 1.00 bits per heavy atom. The Morgan fingerprint density at radius 1 is 0.722 bits per heavy atom. The van der Waals surface area contributed by atoms with Crippen molar-refractivity contribution in [3.63, 3.8) is 0 Å². The van der Waals surface area contributed by atoms with Crippen LogP contribution in [0, 0.1) is 11.8 Å². The van der Waals surface area contributed by atoms with Crippen molar-refractivity contribution in [3.05, 3.63) is 24.3 Å². The quantitative estimate of drug-likeness (QED) is 0.538. The fourth-order valence-electron chi connectivity index (χ4n) is 2.16. The average Bonchev–Trinajstić information content (AvgIpc) is 2.19. The summed E-state index contributed by atoms with van der Waals surface area (Å²) in [4.78, 5) is 0. The molecular weight excluding hydrogens is 280 g/mol. The number of fused-ring (bicyclic) bond motifs is 1. The largest absolute Gasteiger partial charge is 0.264 e. The molecule has 0 saturated heterocycles. The molecule has 0 N–H and O–H groups in total. The van der Waals surface area contributed by atoms with Crippen LogP contribution in [0.2, 0.25) is 0 Å². The first-order valence-electron chi connectivity index (χ1n) is 5.29. The first kappa shape index (κ1) is 13.7. The maximum atomic E-state index is 11.2. The maximum Gasteiger partial charge on any atom is 0.264 e. The van der Waals surface area contributed by atoms with Gasteiger partial charge in [0.1, 0.15) is 12.2 Å². The molecule has 0 spiro atoms. The molecule has 0 radical (unpaired) electrons. The van der Waals surface area contributed by atoms with E-state index >= 15 is 0 Å². The molecule has 102 valence electrons. The van der Waals surface area contributed by atoms with Gasteiger partial charge in [-0.25, -0.2) is 0 Å². The van der Waals surface area contributed by atoms with Crippen LogP contribution < -0.4 is 0 Å². The van der Waals surface area contributed by atoms with Crippen LogP contribution in [0.1, 0.15) is 0 Å². The van der Waals surface area contributed by atoms with E-state index in [0.29, 0.717) is 0 Å². The molecule has 0 aromatic heterocycles. The van der Waals surface area contributed by atoms with E-state index in [-0.39, 0.29) is 11.8 Å². The lowest BCUT2D eigenvalue weighted by atomic mass is 9.78. The summed E-state index contributed by atoms with van der Waals surface area (Å²) in [5.74, 6) is -0.590. The molecule has 6 nitrogen and oxygen atoms in total. The van der Waals surface area contributed by atoms with Crippen molar-refractivity contribution in [2.45, 2.75) is 12.2 Å². The van der Waals surface area contributed by atoms with Crippen molar-refractivity contribution in [3.8, 4) is 0 Å². The van der Waals surface area contributed by atoms with Crippen LogP contribution in [0.25, 0.3) is 0 Å². The molecule has 0 saturated carbocycles. The van der Waals surface area contributed by atoms with Crippen LogP contribution in [0.3, 0.4) is 0 Å². The molecule has 2 atom stereocenters. The van der Waals surface area contributed by atoms with Crippen LogP contribution >= 0.6 is 0 Å². The van der Waals surface area contributed by atoms with E-state index in [1.165, 1.54) is 0 Å². The zero-order valence-corrected chi connectivity index (χ0v) is 11.5. The Balaban J connectivity index is 2.29. The molecule has 0 amide bonds. The summed E-state index contributed by atoms with van der Waals surface area (Å²) >= 11 is 0. The lowest BCUT2D eigenvalue weighted by Crippen LogP contribution is -2.47. The van der Waals surface area contributed by atoms with E-state index in [9.17, 15) is 16.8 Å². The summed E-state index contributed by atoms with van der Waals surface area (Å²) < 4.78 is 54.7. The van der Waals surface area contributed by atoms with Crippen molar-refractivity contribution in [2.75, 3.05) is 12.5 Å². The molecule has 0 aliphatic heterocycles. The van der Waals surface area contributed by atoms with Gasteiger partial charge in [0, 0.05) is 11.8 Å². The van der Waals surface area contributed by atoms with E-state index in [2.05, 4.69) is 0 Å². The fourth-order valence-corrected chi connectivity index (χ4v) is 3.44. The van der Waals surface area contributed by atoms with Crippen molar-refractivity contribution in [2.24, 2.45) is 11.8 Å². The van der Waals surface area contributed by atoms with Crippen LogP contribution in [0.5, 0.6) is 0 Å². The normalized spacial score (nSPS) is 35.0. The van der Waals surface area contributed by atoms with Gasteiger partial charge < -0.3 is 0 Å². The van der Waals surface area contributed by atoms with Crippen molar-refractivity contribution < 1.29 is 25.2 Å². The van der Waals surface area contributed by atoms with Crippen LogP contribution in [-0.4, -0.2) is 41.6 Å². The minimum absolute atomic E-state index is 0.295. The lowest BCUT2D eigenvalue weighted by Gasteiger charge is -2.38. The van der Waals surface area contributed by atoms with Gasteiger partial charge in [0.15, 0.2) is 0 Å². The monoisotopic (exact) mass is 294 g/mol. The van der Waals surface area contributed by atoms with Gasteiger partial charge in [0.2, 0.25) is 0 Å². The number of hydrogen-bond donors (Lipinski definition) is 0. The van der Waals surface area contributed by atoms with E-state index in [4.69, 9.17) is 8.37 Å². The molecule has 18 heavy (non-hydrogen) atoms. The van der Waals surface area contributed by atoms with Crippen molar-refractivity contribution in [1.82, 2.24) is 0 Å². The smallest absolute Gasteiger partial charge is 0.263 e. The highest BCUT2D eigenvalue weighted by Gasteiger charge is 2.43. The molecule has 0 aromatic carbocycles. The molecule has 3 rings (SSSR count). The Kier molecular flexibility index (Phi) is 3.39. The van der Waals surface area contributed by atoms with Gasteiger partial charge in [-0.15, -0.1) is 0 Å². The summed E-state index contributed by atoms with van der Waals surface area (Å²) in [5.41, 5.74) is 0. The molecule has 3 aliphatic carbocycles. The fraction of sp³-hybridized carbons (Fsp3) is 0.600. The first-order chi connectivity index (χ1) is 8.16. The molecule has 2 bridgehead atoms. The van der Waals surface area contributed by atoms with Gasteiger partial charge >= 0.3 is 0 Å². The highest BCUT2D eigenvalue weighted by molar-refractivity contribution is 7.86. The minimum Gasteiger partial charge on any atom is -0.263 e. The average molecular weight is 294 g/mol. The van der Waals surface area contributed by atoms with E-state index in [0.717, 1.165) is 12.5 Å². The summed E-state index contributed by atoms with van der Waals surface area (Å²) in [5, 5.41) is 0. The molecule has 0 heterocycles. The predicted molar refractivity (Wildman–Crippen MR) is 64.7 cm³/mol. The van der Waals surface area contributed by atoms with Crippen LogP contribution in [-0.2, 0) is 28.6 Å². The molecule has 3 aliphatic rings. The Hall–Kier alpha value is -0.700. The van der Waals surface area contributed by atoms with Gasteiger partial charge in [0.05, 0.1) is 12.5 Å². The molecule has 0 unspecified atom stereocenters. The summed E-state index contributed by atoms with van der Waals surface area (Å²) in [7, 11) is -7.35. The van der Waals surface area contributed by atoms with Crippen molar-refractivity contribution in [1.29, 1.82) is 0 Å². The SMILES string of the molecule is CS(=O)(=O)O[C@@H]1C2C=CC(C=C2)[C@@H]1OS(C)(=O)=O. The van der Waals surface area contributed by atoms with Gasteiger partial charge in [-0.3, -0.25) is 8.37 Å². The zero-order valence-electron chi connectivity index (χ0n) is 9.88. The van der Waals surface area contributed by atoms with E-state index < -0.39 is 32.4 Å². The topological polar surface area (TPSA) is 86.7 Å². The Bertz CT molecular complexity index is 520. The third kappa shape index (κ3) is 3.19. The zero-order chi connectivity index (χ0) is 13.6. The lowest BCUT2D eigenvalue weighted by molar-refractivity contribution is 0.0193. The van der Waals surface area contributed by atoms with Gasteiger partial charge in [-0.2, -0.15) is 16.8 Å². The van der Waals surface area contributed by atoms with Crippen LogP contribution in [0.15, 0.2) is 24.3 Å². The second kappa shape index (κ2) is 4.44. The third-order valence-corrected chi connectivity index (χ3v) is 3.91. The second-order valence-corrected chi connectivity index (χ2v) is 7.66. The van der Waals surface area contributed by atoms with E-state index in [1.807, 2.05) is 0 Å². The standard InChI is InChI=1S/C10H14O6S2/c1-17(11,12)15-9-7-3-5-8(6-4-7)10(9)16-18(2,13)14/h3-10H,1-2H3/t7?,8?,9-,10+. The molecule has 0 aromatic rings. The summed E-state index contributed by atoms with van der Waals surface area (Å²) in [6.07, 6.45) is 7.36. The van der Waals surface area contributed by atoms with Crippen LogP contribution in [0.4, 0.5) is 0 Å². The predicted octanol–water partition coefficient (Wildman–Crippen LogP) is 0.0480. The maximum absolute atomic E-state index is 11.2. The first-order valence-corrected chi connectivity index (χ1v) is 8.92. The number of rotatable bonds is 4. The molecular formula is C10H14O6S2. The van der Waals surface area contributed by atoms with E-state index in [1.54, 1.807) is 24.3 Å². The minimum atomic E-state index is -3.68. The highest BCUT2D eigenvalue weighted by atomic mass is 32.2. The second-order valence-electron chi connectivity index (χ2n) is 4.45. The van der Waals surface area contributed by atoms with Gasteiger partial charge in [0.25, 0.3) is 20.2 Å².